The summed E-state index contributed by atoms with van der Waals surface area (Å²) in [6, 6.07) is 13.8. The van der Waals surface area contributed by atoms with Gasteiger partial charge in [-0.2, -0.15) is 22.1 Å². The van der Waals surface area contributed by atoms with Gasteiger partial charge in [0.2, 0.25) is 0 Å². The average Bonchev–Trinajstić information content (AvgIpc) is 3.37. The summed E-state index contributed by atoms with van der Waals surface area (Å²) >= 11 is 1.59. The number of aromatic nitrogens is 2. The van der Waals surface area contributed by atoms with Crippen molar-refractivity contribution < 1.29 is 13.2 Å². The van der Waals surface area contributed by atoms with Gasteiger partial charge in [-0.3, -0.25) is 0 Å². The van der Waals surface area contributed by atoms with Crippen LogP contribution in [-0.2, 0) is 21.5 Å². The van der Waals surface area contributed by atoms with Gasteiger partial charge in [0.05, 0.1) is 22.8 Å². The van der Waals surface area contributed by atoms with E-state index in [-0.39, 0.29) is 18.8 Å². The van der Waals surface area contributed by atoms with Crippen molar-refractivity contribution in [2.45, 2.75) is 32.6 Å². The van der Waals surface area contributed by atoms with E-state index in [1.54, 1.807) is 18.4 Å². The van der Waals surface area contributed by atoms with E-state index in [2.05, 4.69) is 0 Å². The molecule has 0 N–H and O–H groups in total. The Labute approximate surface area is 181 Å². The van der Waals surface area contributed by atoms with Crippen molar-refractivity contribution in [3.8, 4) is 16.3 Å². The van der Waals surface area contributed by atoms with Crippen molar-refractivity contribution in [3.63, 3.8) is 0 Å². The lowest BCUT2D eigenvalue weighted by Crippen LogP contribution is -2.52. The molecule has 30 heavy (non-hydrogen) atoms. The van der Waals surface area contributed by atoms with E-state index in [1.807, 2.05) is 72.6 Å². The number of morpholine rings is 1. The summed E-state index contributed by atoms with van der Waals surface area (Å²) in [4.78, 5) is 1.01. The molecule has 0 unspecified atom stereocenters. The van der Waals surface area contributed by atoms with Crippen molar-refractivity contribution in [1.82, 2.24) is 18.4 Å². The summed E-state index contributed by atoms with van der Waals surface area (Å²) in [7, 11) is -1.99. The van der Waals surface area contributed by atoms with Crippen LogP contribution in [0.5, 0.6) is 0 Å². The molecule has 1 fully saturated rings. The van der Waals surface area contributed by atoms with Gasteiger partial charge in [-0.1, -0.05) is 24.3 Å². The van der Waals surface area contributed by atoms with Crippen LogP contribution in [0.3, 0.4) is 0 Å². The van der Waals surface area contributed by atoms with Crippen molar-refractivity contribution >= 4 is 21.5 Å². The maximum atomic E-state index is 13.2. The van der Waals surface area contributed by atoms with Gasteiger partial charge in [0.15, 0.2) is 0 Å². The fraction of sp³-hybridized carbons (Fsp3) is 0.381. The molecule has 7 nitrogen and oxygen atoms in total. The van der Waals surface area contributed by atoms with E-state index >= 15 is 0 Å². The number of para-hydroxylation sites is 1. The van der Waals surface area contributed by atoms with Crippen LogP contribution in [0, 0.1) is 0 Å². The number of hydrogen-bond donors (Lipinski definition) is 0. The fourth-order valence-electron chi connectivity index (χ4n) is 3.70. The molecule has 0 aliphatic carbocycles. The first-order chi connectivity index (χ1) is 14.3. The third-order valence-corrected chi connectivity index (χ3v) is 7.81. The molecule has 160 valence electrons. The quantitative estimate of drug-likeness (QED) is 0.582. The summed E-state index contributed by atoms with van der Waals surface area (Å²) in [6.07, 6.45) is 1.67. The number of ether oxygens (including phenoxy) is 1. The van der Waals surface area contributed by atoms with Crippen LogP contribution in [0.1, 0.15) is 19.4 Å². The van der Waals surface area contributed by atoms with Gasteiger partial charge in [0.25, 0.3) is 10.2 Å². The Bertz CT molecular complexity index is 1070. The highest BCUT2D eigenvalue weighted by atomic mass is 32.2. The van der Waals surface area contributed by atoms with Crippen LogP contribution < -0.4 is 0 Å². The van der Waals surface area contributed by atoms with Gasteiger partial charge in [-0.05, 0) is 37.4 Å². The molecule has 2 atom stereocenters. The Morgan fingerprint density at radius 3 is 2.47 bits per heavy atom. The zero-order valence-electron chi connectivity index (χ0n) is 17.3. The van der Waals surface area contributed by atoms with Crippen molar-refractivity contribution in [3.05, 3.63) is 59.6 Å². The summed E-state index contributed by atoms with van der Waals surface area (Å²) in [6.45, 7) is 4.76. The molecule has 1 aliphatic heterocycles. The Hall–Kier alpha value is -2.04. The van der Waals surface area contributed by atoms with Gasteiger partial charge in [-0.25, -0.2) is 4.68 Å². The second kappa shape index (κ2) is 8.60. The maximum Gasteiger partial charge on any atom is 0.282 e. The van der Waals surface area contributed by atoms with Crippen LogP contribution in [-0.4, -0.2) is 59.2 Å². The molecule has 4 rings (SSSR count). The van der Waals surface area contributed by atoms with E-state index in [4.69, 9.17) is 9.84 Å². The van der Waals surface area contributed by atoms with Gasteiger partial charge in [-0.15, -0.1) is 11.3 Å². The number of thiophene rings is 1. The third kappa shape index (κ3) is 4.35. The Morgan fingerprint density at radius 1 is 1.13 bits per heavy atom. The first-order valence-corrected chi connectivity index (χ1v) is 12.2. The summed E-state index contributed by atoms with van der Waals surface area (Å²) in [5, 5.41) is 6.76. The van der Waals surface area contributed by atoms with Crippen molar-refractivity contribution in [1.29, 1.82) is 0 Å². The van der Waals surface area contributed by atoms with Crippen molar-refractivity contribution in [2.75, 3.05) is 20.1 Å². The molecular formula is C21H26N4O3S2. The highest BCUT2D eigenvalue weighted by molar-refractivity contribution is 7.86. The third-order valence-electron chi connectivity index (χ3n) is 5.06. The van der Waals surface area contributed by atoms with Gasteiger partial charge < -0.3 is 4.74 Å². The van der Waals surface area contributed by atoms with E-state index in [9.17, 15) is 8.42 Å². The number of rotatable bonds is 6. The number of hydrogen-bond acceptors (Lipinski definition) is 5. The molecule has 9 heteroatoms. The molecule has 0 radical (unpaired) electrons. The lowest BCUT2D eigenvalue weighted by molar-refractivity contribution is -0.0453. The topological polar surface area (TPSA) is 67.7 Å². The largest absolute Gasteiger partial charge is 0.373 e. The average molecular weight is 447 g/mol. The molecule has 1 aromatic carbocycles. The van der Waals surface area contributed by atoms with Crippen LogP contribution in [0.2, 0.25) is 0 Å². The molecule has 0 spiro atoms. The number of benzene rings is 1. The van der Waals surface area contributed by atoms with Crippen molar-refractivity contribution in [2.24, 2.45) is 0 Å². The smallest absolute Gasteiger partial charge is 0.282 e. The summed E-state index contributed by atoms with van der Waals surface area (Å²) in [5.74, 6) is 0. The summed E-state index contributed by atoms with van der Waals surface area (Å²) < 4.78 is 36.9. The highest BCUT2D eigenvalue weighted by Gasteiger charge is 2.34. The van der Waals surface area contributed by atoms with E-state index < -0.39 is 10.2 Å². The van der Waals surface area contributed by atoms with Gasteiger partial charge in [0.1, 0.15) is 5.69 Å². The van der Waals surface area contributed by atoms with Crippen LogP contribution in [0.15, 0.2) is 54.0 Å². The predicted octanol–water partition coefficient (Wildman–Crippen LogP) is 3.39. The van der Waals surface area contributed by atoms with Crippen LogP contribution in [0.4, 0.5) is 0 Å². The normalized spacial score (nSPS) is 20.7. The molecule has 1 saturated heterocycles. The molecule has 3 aromatic rings. The molecule has 0 bridgehead atoms. The molecule has 3 heterocycles. The minimum Gasteiger partial charge on any atom is -0.373 e. The van der Waals surface area contributed by atoms with E-state index in [1.165, 1.54) is 8.61 Å². The van der Waals surface area contributed by atoms with Crippen LogP contribution >= 0.6 is 11.3 Å². The Balaban J connectivity index is 1.64. The Morgan fingerprint density at radius 2 is 1.83 bits per heavy atom. The standard InChI is InChI=1S/C21H26N4O3S2/c1-16-12-24(13-17(2)28-16)30(26,27)23(3)14-18-15-25(19-8-5-4-6-9-19)22-21(18)20-10-7-11-29-20/h4-11,15-17H,12-14H2,1-3H3/t16-,17-/m1/s1. The Kier molecular flexibility index (Phi) is 6.08. The zero-order valence-corrected chi connectivity index (χ0v) is 18.9. The first kappa shape index (κ1) is 21.2. The minimum atomic E-state index is -3.61. The first-order valence-electron chi connectivity index (χ1n) is 9.89. The van der Waals surface area contributed by atoms with E-state index in [0.29, 0.717) is 13.1 Å². The molecule has 2 aromatic heterocycles. The summed E-state index contributed by atoms with van der Waals surface area (Å²) in [5.41, 5.74) is 2.60. The van der Waals surface area contributed by atoms with Gasteiger partial charge in [0, 0.05) is 38.4 Å². The zero-order chi connectivity index (χ0) is 21.3. The second-order valence-electron chi connectivity index (χ2n) is 7.60. The maximum absolute atomic E-state index is 13.2. The fourth-order valence-corrected chi connectivity index (χ4v) is 5.93. The van der Waals surface area contributed by atoms with E-state index in [0.717, 1.165) is 21.8 Å². The highest BCUT2D eigenvalue weighted by Crippen LogP contribution is 2.29. The van der Waals surface area contributed by atoms with Crippen LogP contribution in [0.25, 0.3) is 16.3 Å². The lowest BCUT2D eigenvalue weighted by atomic mass is 10.2. The van der Waals surface area contributed by atoms with Gasteiger partial charge >= 0.3 is 0 Å². The second-order valence-corrected chi connectivity index (χ2v) is 10.6. The SMILES string of the molecule is C[C@@H]1CN(S(=O)(=O)N(C)Cc2cn(-c3ccccc3)nc2-c2cccs2)C[C@@H](C)O1. The molecule has 0 amide bonds. The number of nitrogens with zero attached hydrogens (tertiary/aromatic N) is 4. The molecule has 1 aliphatic rings. The monoisotopic (exact) mass is 446 g/mol. The predicted molar refractivity (Wildman–Crippen MR) is 119 cm³/mol. The minimum absolute atomic E-state index is 0.126. The lowest BCUT2D eigenvalue weighted by Gasteiger charge is -2.36. The molecule has 0 saturated carbocycles. The molecular weight excluding hydrogens is 420 g/mol.